The van der Waals surface area contributed by atoms with Crippen molar-refractivity contribution >= 4 is 35.4 Å². The predicted molar refractivity (Wildman–Crippen MR) is 201 cm³/mol. The first-order valence-corrected chi connectivity index (χ1v) is 18.5. The zero-order valence-corrected chi connectivity index (χ0v) is 32.5. The minimum atomic E-state index is -0.501. The number of hydrogen-bond donors (Lipinski definition) is 6. The van der Waals surface area contributed by atoms with E-state index in [4.69, 9.17) is 19.7 Å². The minimum absolute atomic E-state index is 0.00557. The number of methoxy groups -OCH3 is 2. The Morgan fingerprint density at radius 3 is 1.53 bits per heavy atom. The molecule has 55 heavy (non-hydrogen) atoms. The molecule has 15 heteroatoms. The van der Waals surface area contributed by atoms with Crippen LogP contribution in [-0.4, -0.2) is 104 Å². The summed E-state index contributed by atoms with van der Waals surface area (Å²) in [5.41, 5.74) is 1.11. The molecule has 6 N–H and O–H groups in total. The molecule has 0 atom stereocenters. The van der Waals surface area contributed by atoms with E-state index in [1.165, 1.54) is 5.56 Å². The number of rotatable bonds is 9. The van der Waals surface area contributed by atoms with Gasteiger partial charge in [-0.05, 0) is 108 Å². The van der Waals surface area contributed by atoms with Gasteiger partial charge in [0.15, 0.2) is 0 Å². The van der Waals surface area contributed by atoms with Gasteiger partial charge in [-0.3, -0.25) is 49.6 Å². The quantitative estimate of drug-likeness (QED) is 0.199. The van der Waals surface area contributed by atoms with Crippen molar-refractivity contribution in [2.75, 3.05) is 42.0 Å². The molecule has 0 spiro atoms. The lowest BCUT2D eigenvalue weighted by Crippen LogP contribution is -2.72. The summed E-state index contributed by atoms with van der Waals surface area (Å²) in [5, 5.41) is 24.8. The summed E-state index contributed by atoms with van der Waals surface area (Å²) in [5.74, 6) is 1.10. The van der Waals surface area contributed by atoms with Gasteiger partial charge in [0.1, 0.15) is 17.0 Å². The first-order valence-electron chi connectivity index (χ1n) is 18.5. The van der Waals surface area contributed by atoms with Gasteiger partial charge in [-0.1, -0.05) is 24.3 Å². The average molecular weight is 766 g/mol. The number of benzene rings is 2. The van der Waals surface area contributed by atoms with Gasteiger partial charge in [-0.2, -0.15) is 0 Å². The van der Waals surface area contributed by atoms with Crippen LogP contribution in [0.3, 0.4) is 0 Å². The van der Waals surface area contributed by atoms with Gasteiger partial charge < -0.3 is 25.0 Å². The Morgan fingerprint density at radius 2 is 1.11 bits per heavy atom. The third-order valence-electron chi connectivity index (χ3n) is 11.6. The van der Waals surface area contributed by atoms with Crippen molar-refractivity contribution in [3.05, 3.63) is 59.7 Å². The maximum Gasteiger partial charge on any atom is 0.247 e. The number of aliphatic hydroxyl groups is 2. The lowest BCUT2D eigenvalue weighted by Gasteiger charge is -2.54. The summed E-state index contributed by atoms with van der Waals surface area (Å²) in [7, 11) is 7.98. The fourth-order valence-electron chi connectivity index (χ4n) is 8.00. The molecule has 3 saturated carbocycles. The number of nitrogens with one attached hydrogen (secondary N) is 4. The number of piperidine rings is 6. The maximum absolute atomic E-state index is 12.1. The van der Waals surface area contributed by atoms with Gasteiger partial charge in [-0.25, -0.2) is 0 Å². The van der Waals surface area contributed by atoms with Gasteiger partial charge in [0, 0.05) is 38.0 Å². The molecule has 6 amide bonds. The fourth-order valence-corrected chi connectivity index (χ4v) is 8.00. The van der Waals surface area contributed by atoms with Crippen LogP contribution in [0.25, 0.3) is 0 Å². The summed E-state index contributed by atoms with van der Waals surface area (Å²) in [6.45, 7) is 2.61. The number of hydrogen-bond acceptors (Lipinski definition) is 12. The van der Waals surface area contributed by atoms with E-state index in [0.717, 1.165) is 49.9 Å². The van der Waals surface area contributed by atoms with Crippen LogP contribution in [0.5, 0.6) is 11.5 Å². The number of carbonyl (C=O) groups is 6. The van der Waals surface area contributed by atoms with Crippen LogP contribution in [0.4, 0.5) is 0 Å². The molecule has 0 unspecified atom stereocenters. The molecule has 11 rings (SSSR count). The second-order valence-corrected chi connectivity index (χ2v) is 14.8. The molecule has 6 bridgehead atoms. The molecule has 3 aliphatic carbocycles. The summed E-state index contributed by atoms with van der Waals surface area (Å²) in [4.78, 5) is 71.1. The smallest absolute Gasteiger partial charge is 0.247 e. The molecule has 300 valence electrons. The largest absolute Gasteiger partial charge is 0.497 e. The number of aliphatic hydroxyl groups excluding tert-OH is 2. The molecule has 2 aromatic carbocycles. The molecule has 6 saturated heterocycles. The Kier molecular flexibility index (Phi) is 14.3. The number of aryl methyl sites for hydroxylation is 1. The van der Waals surface area contributed by atoms with Gasteiger partial charge in [0.05, 0.1) is 25.2 Å². The summed E-state index contributed by atoms with van der Waals surface area (Å²) < 4.78 is 10.3. The highest BCUT2D eigenvalue weighted by atomic mass is 16.5. The summed E-state index contributed by atoms with van der Waals surface area (Å²) in [6.07, 6.45) is 5.77. The van der Waals surface area contributed by atoms with Crippen LogP contribution in [0.2, 0.25) is 0 Å². The van der Waals surface area contributed by atoms with Crippen LogP contribution in [0, 0.1) is 23.2 Å². The van der Waals surface area contributed by atoms with E-state index < -0.39 is 11.1 Å². The number of carbonyl (C=O) groups excluding carboxylic acids is 6. The van der Waals surface area contributed by atoms with Gasteiger partial charge in [0.2, 0.25) is 35.4 Å². The van der Waals surface area contributed by atoms with E-state index in [1.807, 2.05) is 60.5 Å². The number of imide groups is 3. The molecular weight excluding hydrogens is 710 g/mol. The van der Waals surface area contributed by atoms with Gasteiger partial charge >= 0.3 is 0 Å². The number of ether oxygens (including phenoxy) is 2. The Morgan fingerprint density at radius 1 is 0.691 bits per heavy atom. The van der Waals surface area contributed by atoms with E-state index in [1.54, 1.807) is 28.2 Å². The van der Waals surface area contributed by atoms with E-state index >= 15 is 0 Å². The number of nitrogens with zero attached hydrogens (tertiary/aromatic N) is 1. The average Bonchev–Trinajstić information content (AvgIpc) is 3.12. The molecule has 9 fully saturated rings. The van der Waals surface area contributed by atoms with Crippen molar-refractivity contribution in [2.24, 2.45) is 23.2 Å². The standard InChI is InChI=1S/C15H18N2O3.C15H17NO3.C7H10N2O2.C2H6O.CH4O/c1-17(9-10-3-5-12(20-2)6-4-10)15-7-11(8-15)13(18)16-14(15)19;1-19-12-4-2-10(3-5-12)6-7-15-8-11(9-15)13(17)16-14(15)18;1-8-7-2-4(3-7)5(10)9-6(7)11;1-2-3;1-2/h3-6,11H,7-9H2,1-2H3,(H,16,18,19);2-5,11H,6-9H2,1H3,(H,16,17,18);4,8H,2-3H2,1H3,(H,9,10,11);3H,2H2,1H3;2H,1H3. The molecule has 0 radical (unpaired) electrons. The fraction of sp³-hybridized carbons (Fsp3) is 0.550. The van der Waals surface area contributed by atoms with Crippen molar-refractivity contribution in [3.8, 4) is 11.5 Å². The predicted octanol–water partition coefficient (Wildman–Crippen LogP) is 1.23. The van der Waals surface area contributed by atoms with Crippen LogP contribution in [0.1, 0.15) is 63.0 Å². The molecule has 6 heterocycles. The monoisotopic (exact) mass is 765 g/mol. The lowest BCUT2D eigenvalue weighted by molar-refractivity contribution is -0.162. The molecular formula is C40H55N5O10. The zero-order chi connectivity index (χ0) is 40.6. The van der Waals surface area contributed by atoms with E-state index in [2.05, 4.69) is 21.3 Å². The zero-order valence-electron chi connectivity index (χ0n) is 32.5. The second-order valence-electron chi connectivity index (χ2n) is 14.8. The van der Waals surface area contributed by atoms with Crippen molar-refractivity contribution in [3.63, 3.8) is 0 Å². The first-order chi connectivity index (χ1) is 26.3. The molecule has 0 aromatic heterocycles. The normalized spacial score (nSPS) is 28.8. The van der Waals surface area contributed by atoms with Crippen molar-refractivity contribution in [1.82, 2.24) is 26.2 Å². The number of fused-ring (bicyclic) bond motifs is 6. The number of likely N-dealkylation sites (N-methyl/N-ethyl adjacent to an activating group) is 2. The topological polar surface area (TPSA) is 213 Å². The minimum Gasteiger partial charge on any atom is -0.497 e. The summed E-state index contributed by atoms with van der Waals surface area (Å²) >= 11 is 0. The first kappa shape index (κ1) is 43.0. The highest BCUT2D eigenvalue weighted by Crippen LogP contribution is 2.52. The highest BCUT2D eigenvalue weighted by molar-refractivity contribution is 6.08. The molecule has 6 aliphatic heterocycles. The summed E-state index contributed by atoms with van der Waals surface area (Å²) in [6, 6.07) is 15.7. The van der Waals surface area contributed by atoms with Crippen molar-refractivity contribution in [1.29, 1.82) is 0 Å². The van der Waals surface area contributed by atoms with E-state index in [9.17, 15) is 28.8 Å². The maximum atomic E-state index is 12.1. The third kappa shape index (κ3) is 9.07. The van der Waals surface area contributed by atoms with Crippen LogP contribution in [-0.2, 0) is 41.7 Å². The van der Waals surface area contributed by atoms with E-state index in [0.29, 0.717) is 32.2 Å². The van der Waals surface area contributed by atoms with Crippen LogP contribution < -0.4 is 30.7 Å². The van der Waals surface area contributed by atoms with Crippen LogP contribution in [0.15, 0.2) is 48.5 Å². The molecule has 2 aromatic rings. The van der Waals surface area contributed by atoms with E-state index in [-0.39, 0.29) is 65.2 Å². The van der Waals surface area contributed by atoms with Crippen LogP contribution >= 0.6 is 0 Å². The molecule has 15 nitrogen and oxygen atoms in total. The Hall–Kier alpha value is -4.70. The number of amides is 6. The van der Waals surface area contributed by atoms with Crippen molar-refractivity contribution in [2.45, 2.75) is 75.9 Å². The Balaban J connectivity index is 0.000000179. The van der Waals surface area contributed by atoms with Gasteiger partial charge in [0.25, 0.3) is 0 Å². The van der Waals surface area contributed by atoms with Crippen molar-refractivity contribution < 1.29 is 48.5 Å². The lowest BCUT2D eigenvalue weighted by atomic mass is 9.56. The molecule has 9 aliphatic rings. The Bertz CT molecular complexity index is 1700. The highest BCUT2D eigenvalue weighted by Gasteiger charge is 2.60. The SMILES string of the molecule is CCO.CNC12CC(C1)C(=O)NC2=O.CO.COc1ccc(CCC23CC(C2)C(=O)NC3=O)cc1.COc1ccc(CN(C)C23CC(C2)C(=O)NC3=O)cc1. The third-order valence-corrected chi connectivity index (χ3v) is 11.6. The Labute approximate surface area is 321 Å². The van der Waals surface area contributed by atoms with Gasteiger partial charge in [-0.15, -0.1) is 0 Å². The second kappa shape index (κ2) is 18.3.